The Morgan fingerprint density at radius 3 is 2.21 bits per heavy atom. The van der Waals surface area contributed by atoms with Gasteiger partial charge in [0.25, 0.3) is 0 Å². The van der Waals surface area contributed by atoms with Gasteiger partial charge in [-0.15, -0.1) is 0 Å². The first kappa shape index (κ1) is 24.1. The molecule has 0 heterocycles. The van der Waals surface area contributed by atoms with E-state index in [1.54, 1.807) is 24.3 Å². The van der Waals surface area contributed by atoms with Gasteiger partial charge in [0, 0.05) is 11.6 Å². The quantitative estimate of drug-likeness (QED) is 0.318. The highest BCUT2D eigenvalue weighted by Gasteiger charge is 2.24. The van der Waals surface area contributed by atoms with Crippen LogP contribution in [0.3, 0.4) is 0 Å². The summed E-state index contributed by atoms with van der Waals surface area (Å²) >= 11 is 0. The molecule has 3 aromatic carbocycles. The molecule has 0 aliphatic heterocycles. The average Bonchev–Trinajstić information content (AvgIpc) is 2.82. The topological polar surface area (TPSA) is 61.8 Å². The van der Waals surface area contributed by atoms with Crippen molar-refractivity contribution in [3.05, 3.63) is 83.4 Å². The highest BCUT2D eigenvalue weighted by molar-refractivity contribution is 5.89. The predicted octanol–water partition coefficient (Wildman–Crippen LogP) is 6.23. The molecule has 0 radical (unpaired) electrons. The van der Waals surface area contributed by atoms with Crippen LogP contribution >= 0.6 is 0 Å². The molecule has 0 saturated carbocycles. The third-order valence-electron chi connectivity index (χ3n) is 5.23. The molecule has 5 nitrogen and oxygen atoms in total. The minimum atomic E-state index is -0.615. The third kappa shape index (κ3) is 6.01. The van der Waals surface area contributed by atoms with Gasteiger partial charge in [0.1, 0.15) is 18.1 Å². The van der Waals surface area contributed by atoms with Crippen LogP contribution in [0, 0.1) is 5.41 Å². The van der Waals surface area contributed by atoms with Crippen LogP contribution in [0.4, 0.5) is 0 Å². The number of hydrogen-bond donors (Lipinski definition) is 0. The van der Waals surface area contributed by atoms with Crippen LogP contribution in [0.2, 0.25) is 0 Å². The zero-order valence-electron chi connectivity index (χ0n) is 19.8. The van der Waals surface area contributed by atoms with Crippen LogP contribution in [0.1, 0.15) is 49.2 Å². The van der Waals surface area contributed by atoms with E-state index in [0.29, 0.717) is 23.7 Å². The maximum Gasteiger partial charge on any atom is 0.337 e. The Hall–Kier alpha value is -3.60. The zero-order chi connectivity index (χ0) is 24.0. The number of esters is 2. The van der Waals surface area contributed by atoms with Gasteiger partial charge in [-0.05, 0) is 68.1 Å². The lowest BCUT2D eigenvalue weighted by molar-refractivity contribution is -0.143. The molecule has 0 aromatic heterocycles. The third-order valence-corrected chi connectivity index (χ3v) is 5.23. The largest absolute Gasteiger partial charge is 0.488 e. The van der Waals surface area contributed by atoms with Crippen LogP contribution in [0.5, 0.6) is 11.5 Å². The molecule has 0 N–H and O–H groups in total. The van der Waals surface area contributed by atoms with E-state index in [0.717, 1.165) is 23.1 Å². The van der Waals surface area contributed by atoms with E-state index in [4.69, 9.17) is 14.2 Å². The van der Waals surface area contributed by atoms with Crippen LogP contribution in [0.15, 0.2) is 66.7 Å². The van der Waals surface area contributed by atoms with Crippen molar-refractivity contribution >= 4 is 11.9 Å². The molecule has 0 aliphatic carbocycles. The average molecular weight is 447 g/mol. The van der Waals surface area contributed by atoms with Crippen molar-refractivity contribution in [3.63, 3.8) is 0 Å². The zero-order valence-corrected chi connectivity index (χ0v) is 19.8. The van der Waals surface area contributed by atoms with E-state index in [-0.39, 0.29) is 11.9 Å². The van der Waals surface area contributed by atoms with Gasteiger partial charge >= 0.3 is 11.9 Å². The molecule has 0 atom stereocenters. The minimum absolute atomic E-state index is 0.291. The van der Waals surface area contributed by atoms with Crippen molar-refractivity contribution < 1.29 is 23.8 Å². The van der Waals surface area contributed by atoms with Crippen LogP contribution in [0.25, 0.3) is 11.1 Å². The second-order valence-corrected chi connectivity index (χ2v) is 8.79. The van der Waals surface area contributed by atoms with Crippen molar-refractivity contribution in [1.29, 1.82) is 0 Å². The van der Waals surface area contributed by atoms with Crippen molar-refractivity contribution in [3.8, 4) is 22.6 Å². The molecular weight excluding hydrogens is 416 g/mol. The summed E-state index contributed by atoms with van der Waals surface area (Å²) in [5, 5.41) is 0. The summed E-state index contributed by atoms with van der Waals surface area (Å²) in [5.74, 6) is 0.360. The van der Waals surface area contributed by atoms with Gasteiger partial charge in [-0.2, -0.15) is 0 Å². The van der Waals surface area contributed by atoms with Gasteiger partial charge in [0.15, 0.2) is 0 Å². The molecule has 0 unspecified atom stereocenters. The second-order valence-electron chi connectivity index (χ2n) is 8.79. The number of rotatable bonds is 7. The first-order valence-corrected chi connectivity index (χ1v) is 11.0. The summed E-state index contributed by atoms with van der Waals surface area (Å²) in [5.41, 5.74) is 3.96. The fourth-order valence-electron chi connectivity index (χ4n) is 3.28. The van der Waals surface area contributed by atoms with E-state index in [9.17, 15) is 9.59 Å². The van der Waals surface area contributed by atoms with Crippen LogP contribution in [-0.2, 0) is 22.6 Å². The maximum absolute atomic E-state index is 12.4. The van der Waals surface area contributed by atoms with Gasteiger partial charge in [-0.3, -0.25) is 4.79 Å². The molecule has 0 aliphatic rings. The summed E-state index contributed by atoms with van der Waals surface area (Å²) in [7, 11) is 1.36. The Labute approximate surface area is 195 Å². The Bertz CT molecular complexity index is 1120. The smallest absolute Gasteiger partial charge is 0.337 e. The molecule has 0 saturated heterocycles. The van der Waals surface area contributed by atoms with Gasteiger partial charge in [-0.1, -0.05) is 43.3 Å². The number of carbonyl (C=O) groups is 2. The molecule has 3 rings (SSSR count). The summed E-state index contributed by atoms with van der Waals surface area (Å²) in [6, 6.07) is 20.7. The Kier molecular flexibility index (Phi) is 7.54. The Balaban J connectivity index is 1.92. The lowest BCUT2D eigenvalue weighted by atomic mass is 9.96. The highest BCUT2D eigenvalue weighted by atomic mass is 16.5. The first-order valence-electron chi connectivity index (χ1n) is 11.0. The predicted molar refractivity (Wildman–Crippen MR) is 128 cm³/mol. The molecule has 172 valence electrons. The summed E-state index contributed by atoms with van der Waals surface area (Å²) in [4.78, 5) is 24.1. The summed E-state index contributed by atoms with van der Waals surface area (Å²) in [6.07, 6.45) is 0.880. The summed E-state index contributed by atoms with van der Waals surface area (Å²) in [6.45, 7) is 7.85. The fraction of sp³-hybridized carbons (Fsp3) is 0.286. The van der Waals surface area contributed by atoms with Crippen molar-refractivity contribution in [1.82, 2.24) is 0 Å². The standard InChI is InChI=1S/C28H30O5/c1-6-20-9-7-8-10-23(20)24-16-15-22(33-27(30)28(2,3)4)17-25(24)32-18-19-11-13-21(14-12-19)26(29)31-5/h7-17H,6,18H2,1-5H3. The molecule has 0 amide bonds. The number of aryl methyl sites for hydroxylation is 1. The molecule has 5 heteroatoms. The highest BCUT2D eigenvalue weighted by Crippen LogP contribution is 2.36. The molecule has 33 heavy (non-hydrogen) atoms. The molecular formula is C28H30O5. The second kappa shape index (κ2) is 10.3. The number of ether oxygens (including phenoxy) is 3. The van der Waals surface area contributed by atoms with Crippen LogP contribution < -0.4 is 9.47 Å². The van der Waals surface area contributed by atoms with Crippen molar-refractivity contribution in [2.45, 2.75) is 40.7 Å². The number of hydrogen-bond acceptors (Lipinski definition) is 5. The van der Waals surface area contributed by atoms with E-state index < -0.39 is 5.41 Å². The number of methoxy groups -OCH3 is 1. The van der Waals surface area contributed by atoms with Gasteiger partial charge in [0.2, 0.25) is 0 Å². The SMILES string of the molecule is CCc1ccccc1-c1ccc(OC(=O)C(C)(C)C)cc1OCc1ccc(C(=O)OC)cc1. The van der Waals surface area contributed by atoms with E-state index in [2.05, 4.69) is 19.1 Å². The van der Waals surface area contributed by atoms with E-state index >= 15 is 0 Å². The monoisotopic (exact) mass is 446 g/mol. The Morgan fingerprint density at radius 2 is 1.58 bits per heavy atom. The van der Waals surface area contributed by atoms with Gasteiger partial charge in [-0.25, -0.2) is 4.79 Å². The lowest BCUT2D eigenvalue weighted by Crippen LogP contribution is -2.25. The van der Waals surface area contributed by atoms with Crippen molar-refractivity contribution in [2.24, 2.45) is 5.41 Å². The minimum Gasteiger partial charge on any atom is -0.488 e. The Morgan fingerprint density at radius 1 is 0.879 bits per heavy atom. The normalized spacial score (nSPS) is 11.1. The summed E-state index contributed by atoms with van der Waals surface area (Å²) < 4.78 is 16.6. The molecule has 0 fully saturated rings. The van der Waals surface area contributed by atoms with Gasteiger partial charge < -0.3 is 14.2 Å². The van der Waals surface area contributed by atoms with E-state index in [1.807, 2.05) is 51.1 Å². The molecule has 3 aromatic rings. The molecule has 0 spiro atoms. The van der Waals surface area contributed by atoms with Crippen LogP contribution in [-0.4, -0.2) is 19.0 Å². The number of carbonyl (C=O) groups excluding carboxylic acids is 2. The van der Waals surface area contributed by atoms with Gasteiger partial charge in [0.05, 0.1) is 18.1 Å². The van der Waals surface area contributed by atoms with E-state index in [1.165, 1.54) is 12.7 Å². The fourth-order valence-corrected chi connectivity index (χ4v) is 3.28. The number of benzene rings is 3. The first-order chi connectivity index (χ1) is 15.7. The lowest BCUT2D eigenvalue weighted by Gasteiger charge is -2.19. The molecule has 0 bridgehead atoms. The van der Waals surface area contributed by atoms with Crippen molar-refractivity contribution in [2.75, 3.05) is 7.11 Å². The maximum atomic E-state index is 12.4.